The number of thioether (sulfide) groups is 1. The van der Waals surface area contributed by atoms with Crippen molar-refractivity contribution >= 4 is 28.4 Å². The zero-order valence-electron chi connectivity index (χ0n) is 19.6. The van der Waals surface area contributed by atoms with Gasteiger partial charge in [0.25, 0.3) is 0 Å². The minimum absolute atomic E-state index is 0.134. The molecule has 1 amide bonds. The van der Waals surface area contributed by atoms with Gasteiger partial charge in [0.1, 0.15) is 0 Å². The quantitative estimate of drug-likeness (QED) is 0.335. The van der Waals surface area contributed by atoms with Crippen LogP contribution >= 0.6 is 11.8 Å². The van der Waals surface area contributed by atoms with Crippen molar-refractivity contribution in [3.8, 4) is 0 Å². The van der Waals surface area contributed by atoms with E-state index in [0.717, 1.165) is 31.5 Å². The van der Waals surface area contributed by atoms with E-state index in [2.05, 4.69) is 62.2 Å². The number of carbonyl (C=O) groups is 1. The monoisotopic (exact) mass is 453 g/mol. The lowest BCUT2D eigenvalue weighted by Gasteiger charge is -2.24. The van der Waals surface area contributed by atoms with Gasteiger partial charge in [0.2, 0.25) is 11.1 Å². The summed E-state index contributed by atoms with van der Waals surface area (Å²) in [6, 6.07) is 14.5. The highest BCUT2D eigenvalue weighted by Crippen LogP contribution is 2.22. The SMILES string of the molecule is CC(C)CCN(CCC(C)C)C(=O)CSc1nnc(Cc2cccc3ccccc23)n1N. The first kappa shape index (κ1) is 24.1. The van der Waals surface area contributed by atoms with Crippen LogP contribution < -0.4 is 5.84 Å². The summed E-state index contributed by atoms with van der Waals surface area (Å²) in [4.78, 5) is 14.9. The summed E-state index contributed by atoms with van der Waals surface area (Å²) >= 11 is 1.36. The van der Waals surface area contributed by atoms with Crippen LogP contribution in [0, 0.1) is 11.8 Å². The maximum absolute atomic E-state index is 12.9. The summed E-state index contributed by atoms with van der Waals surface area (Å²) < 4.78 is 1.52. The molecule has 2 N–H and O–H groups in total. The van der Waals surface area contributed by atoms with E-state index < -0.39 is 0 Å². The summed E-state index contributed by atoms with van der Waals surface area (Å²) in [7, 11) is 0. The number of nitrogen functional groups attached to an aromatic ring is 1. The highest BCUT2D eigenvalue weighted by atomic mass is 32.2. The number of nitrogens with two attached hydrogens (primary N) is 1. The zero-order chi connectivity index (χ0) is 23.1. The lowest BCUT2D eigenvalue weighted by atomic mass is 10.0. The number of rotatable bonds is 11. The molecule has 0 saturated heterocycles. The van der Waals surface area contributed by atoms with E-state index in [4.69, 9.17) is 5.84 Å². The number of fused-ring (bicyclic) bond motifs is 1. The molecule has 0 fully saturated rings. The molecule has 0 aliphatic carbocycles. The standard InChI is InChI=1S/C25H35N5OS/c1-18(2)12-14-29(15-13-19(3)4)24(31)17-32-25-28-27-23(30(25)26)16-21-10-7-9-20-8-5-6-11-22(20)21/h5-11,18-19H,12-17,26H2,1-4H3. The summed E-state index contributed by atoms with van der Waals surface area (Å²) in [5, 5.41) is 11.5. The van der Waals surface area contributed by atoms with Gasteiger partial charge in [0.15, 0.2) is 5.82 Å². The van der Waals surface area contributed by atoms with Crippen LogP contribution in [0.25, 0.3) is 10.8 Å². The first-order valence-electron chi connectivity index (χ1n) is 11.4. The predicted molar refractivity (Wildman–Crippen MR) is 133 cm³/mol. The number of hydrogen-bond donors (Lipinski definition) is 1. The third kappa shape index (κ3) is 6.48. The minimum Gasteiger partial charge on any atom is -0.342 e. The van der Waals surface area contributed by atoms with Crippen LogP contribution in [0.4, 0.5) is 0 Å². The topological polar surface area (TPSA) is 77.0 Å². The normalized spacial score (nSPS) is 11.6. The fraction of sp³-hybridized carbons (Fsp3) is 0.480. The molecule has 0 aliphatic rings. The van der Waals surface area contributed by atoms with Gasteiger partial charge in [-0.1, -0.05) is 81.9 Å². The van der Waals surface area contributed by atoms with Crippen LogP contribution in [0.5, 0.6) is 0 Å². The molecular formula is C25H35N5OS. The molecule has 0 unspecified atom stereocenters. The van der Waals surface area contributed by atoms with E-state index in [1.165, 1.54) is 27.2 Å². The fourth-order valence-electron chi connectivity index (χ4n) is 3.55. The second-order valence-corrected chi connectivity index (χ2v) is 10.1. The van der Waals surface area contributed by atoms with Gasteiger partial charge in [-0.15, -0.1) is 10.2 Å². The molecule has 0 spiro atoms. The highest BCUT2D eigenvalue weighted by molar-refractivity contribution is 7.99. The summed E-state index contributed by atoms with van der Waals surface area (Å²) in [6.07, 6.45) is 2.61. The van der Waals surface area contributed by atoms with E-state index in [1.807, 2.05) is 23.1 Å². The average molecular weight is 454 g/mol. The summed E-state index contributed by atoms with van der Waals surface area (Å²) in [5.74, 6) is 8.58. The largest absolute Gasteiger partial charge is 0.342 e. The third-order valence-electron chi connectivity index (χ3n) is 5.59. The average Bonchev–Trinajstić information content (AvgIpc) is 3.11. The second-order valence-electron chi connectivity index (χ2n) is 9.12. The van der Waals surface area contributed by atoms with Gasteiger partial charge in [-0.3, -0.25) is 4.79 Å². The number of carbonyl (C=O) groups excluding carboxylic acids is 1. The van der Waals surface area contributed by atoms with Crippen molar-refractivity contribution in [1.29, 1.82) is 0 Å². The van der Waals surface area contributed by atoms with Crippen LogP contribution in [-0.2, 0) is 11.2 Å². The third-order valence-corrected chi connectivity index (χ3v) is 6.52. The van der Waals surface area contributed by atoms with Gasteiger partial charge in [0.05, 0.1) is 5.75 Å². The van der Waals surface area contributed by atoms with Crippen LogP contribution in [0.3, 0.4) is 0 Å². The van der Waals surface area contributed by atoms with Crippen molar-refractivity contribution in [1.82, 2.24) is 19.8 Å². The Balaban J connectivity index is 1.64. The van der Waals surface area contributed by atoms with E-state index in [9.17, 15) is 4.79 Å². The van der Waals surface area contributed by atoms with Gasteiger partial charge in [-0.2, -0.15) is 0 Å². The lowest BCUT2D eigenvalue weighted by Crippen LogP contribution is -2.35. The zero-order valence-corrected chi connectivity index (χ0v) is 20.4. The van der Waals surface area contributed by atoms with Crippen LogP contribution in [0.1, 0.15) is 51.9 Å². The molecule has 32 heavy (non-hydrogen) atoms. The first-order chi connectivity index (χ1) is 15.3. The summed E-state index contributed by atoms with van der Waals surface area (Å²) in [5.41, 5.74) is 1.16. The number of nitrogens with zero attached hydrogens (tertiary/aromatic N) is 4. The molecular weight excluding hydrogens is 418 g/mol. The smallest absolute Gasteiger partial charge is 0.233 e. The molecule has 1 heterocycles. The van der Waals surface area contributed by atoms with Gasteiger partial charge < -0.3 is 10.7 Å². The molecule has 0 saturated carbocycles. The molecule has 0 bridgehead atoms. The van der Waals surface area contributed by atoms with Gasteiger partial charge in [-0.25, -0.2) is 4.68 Å². The van der Waals surface area contributed by atoms with E-state index in [-0.39, 0.29) is 5.91 Å². The predicted octanol–water partition coefficient (Wildman–Crippen LogP) is 4.75. The molecule has 3 aromatic rings. The first-order valence-corrected chi connectivity index (χ1v) is 12.4. The van der Waals surface area contributed by atoms with Crippen molar-refractivity contribution < 1.29 is 4.79 Å². The Morgan fingerprint density at radius 1 is 1.00 bits per heavy atom. The Morgan fingerprint density at radius 3 is 2.34 bits per heavy atom. The van der Waals surface area contributed by atoms with Crippen molar-refractivity contribution in [3.05, 3.63) is 53.9 Å². The van der Waals surface area contributed by atoms with Crippen molar-refractivity contribution in [2.75, 3.05) is 24.7 Å². The number of benzene rings is 2. The molecule has 172 valence electrons. The molecule has 0 aliphatic heterocycles. The second kappa shape index (κ2) is 11.4. The maximum Gasteiger partial charge on any atom is 0.233 e. The minimum atomic E-state index is 0.134. The molecule has 3 rings (SSSR count). The van der Waals surface area contributed by atoms with Crippen LogP contribution in [0.15, 0.2) is 47.6 Å². The number of hydrogen-bond acceptors (Lipinski definition) is 5. The Kier molecular flexibility index (Phi) is 8.56. The Bertz CT molecular complexity index is 1010. The van der Waals surface area contributed by atoms with E-state index in [0.29, 0.717) is 35.0 Å². The molecule has 6 nitrogen and oxygen atoms in total. The fourth-order valence-corrected chi connectivity index (χ4v) is 4.33. The molecule has 7 heteroatoms. The maximum atomic E-state index is 12.9. The highest BCUT2D eigenvalue weighted by Gasteiger charge is 2.18. The van der Waals surface area contributed by atoms with Gasteiger partial charge in [-0.05, 0) is 41.0 Å². The lowest BCUT2D eigenvalue weighted by molar-refractivity contribution is -0.128. The molecule has 2 aromatic carbocycles. The van der Waals surface area contributed by atoms with Crippen molar-refractivity contribution in [2.45, 2.75) is 52.1 Å². The van der Waals surface area contributed by atoms with Crippen LogP contribution in [-0.4, -0.2) is 44.5 Å². The molecule has 0 radical (unpaired) electrons. The number of aromatic nitrogens is 3. The molecule has 1 aromatic heterocycles. The Hall–Kier alpha value is -2.54. The van der Waals surface area contributed by atoms with Crippen molar-refractivity contribution in [2.24, 2.45) is 11.8 Å². The van der Waals surface area contributed by atoms with Gasteiger partial charge >= 0.3 is 0 Å². The van der Waals surface area contributed by atoms with Crippen LogP contribution in [0.2, 0.25) is 0 Å². The molecule has 0 atom stereocenters. The van der Waals surface area contributed by atoms with Gasteiger partial charge in [0, 0.05) is 19.5 Å². The Labute approximate surface area is 195 Å². The van der Waals surface area contributed by atoms with E-state index in [1.54, 1.807) is 0 Å². The van der Waals surface area contributed by atoms with Crippen molar-refractivity contribution in [3.63, 3.8) is 0 Å². The number of amides is 1. The Morgan fingerprint density at radius 2 is 1.66 bits per heavy atom. The summed E-state index contributed by atoms with van der Waals surface area (Å²) in [6.45, 7) is 10.3. The van der Waals surface area contributed by atoms with E-state index >= 15 is 0 Å².